The summed E-state index contributed by atoms with van der Waals surface area (Å²) < 4.78 is 27.4. The van der Waals surface area contributed by atoms with Crippen molar-refractivity contribution in [3.63, 3.8) is 0 Å². The molecule has 92 valence electrons. The van der Waals surface area contributed by atoms with Gasteiger partial charge in [0, 0.05) is 11.5 Å². The highest BCUT2D eigenvalue weighted by molar-refractivity contribution is 7.94. The predicted octanol–water partition coefficient (Wildman–Crippen LogP) is -0.210. The van der Waals surface area contributed by atoms with E-state index in [1.54, 1.807) is 12.1 Å². The van der Waals surface area contributed by atoms with Crippen molar-refractivity contribution in [2.45, 2.75) is 6.04 Å². The van der Waals surface area contributed by atoms with Crippen LogP contribution in [-0.4, -0.2) is 37.3 Å². The Bertz CT molecular complexity index is 555. The molecule has 8 heteroatoms. The fourth-order valence-corrected chi connectivity index (χ4v) is 2.71. The van der Waals surface area contributed by atoms with Crippen LogP contribution < -0.4 is 15.8 Å². The first kappa shape index (κ1) is 11.6. The Hall–Kier alpha value is -1.83. The maximum atomic E-state index is 11.2. The molecule has 0 amide bonds. The molecule has 0 radical (unpaired) electrons. The lowest BCUT2D eigenvalue weighted by atomic mass is 10.3. The molecule has 7 nitrogen and oxygen atoms in total. The minimum atomic E-state index is -3.09. The lowest BCUT2D eigenvalue weighted by Crippen LogP contribution is -2.21. The van der Waals surface area contributed by atoms with Gasteiger partial charge in [0.2, 0.25) is 11.8 Å². The molecule has 2 heterocycles. The molecular formula is C9H12N4O3S. The maximum absolute atomic E-state index is 11.2. The fourth-order valence-electron chi connectivity index (χ4n) is 1.48. The molecular weight excluding hydrogens is 244 g/mol. The smallest absolute Gasteiger partial charge is 0.225 e. The average molecular weight is 256 g/mol. The number of sulfone groups is 1. The number of ether oxygens (including phenoxy) is 1. The largest absolute Gasteiger partial charge is 0.481 e. The van der Waals surface area contributed by atoms with Gasteiger partial charge in [-0.15, -0.1) is 0 Å². The van der Waals surface area contributed by atoms with Crippen molar-refractivity contribution in [3.05, 3.63) is 17.6 Å². The van der Waals surface area contributed by atoms with E-state index in [9.17, 15) is 8.42 Å². The van der Waals surface area contributed by atoms with Crippen molar-refractivity contribution in [2.75, 3.05) is 23.9 Å². The number of nitrogens with two attached hydrogens (primary N) is 1. The van der Waals surface area contributed by atoms with Gasteiger partial charge in [0.25, 0.3) is 0 Å². The van der Waals surface area contributed by atoms with Crippen LogP contribution in [0.4, 0.5) is 11.8 Å². The van der Waals surface area contributed by atoms with E-state index in [1.165, 1.54) is 12.5 Å². The van der Waals surface area contributed by atoms with Gasteiger partial charge in [-0.3, -0.25) is 0 Å². The zero-order valence-corrected chi connectivity index (χ0v) is 9.94. The Balaban J connectivity index is 2.15. The van der Waals surface area contributed by atoms with Gasteiger partial charge in [-0.25, -0.2) is 8.42 Å². The quantitative estimate of drug-likeness (QED) is 0.770. The van der Waals surface area contributed by atoms with Crippen LogP contribution in [0, 0.1) is 0 Å². The van der Waals surface area contributed by atoms with E-state index in [4.69, 9.17) is 10.5 Å². The van der Waals surface area contributed by atoms with Gasteiger partial charge in [0.1, 0.15) is 5.82 Å². The molecule has 1 unspecified atom stereocenters. The molecule has 2 rings (SSSR count). The maximum Gasteiger partial charge on any atom is 0.225 e. The Labute approximate surface area is 98.6 Å². The van der Waals surface area contributed by atoms with Gasteiger partial charge in [-0.1, -0.05) is 0 Å². The van der Waals surface area contributed by atoms with E-state index in [0.29, 0.717) is 11.7 Å². The Kier molecular flexibility index (Phi) is 2.88. The number of nitrogens with one attached hydrogen (secondary N) is 1. The summed E-state index contributed by atoms with van der Waals surface area (Å²) in [5, 5.41) is 4.12. The zero-order chi connectivity index (χ0) is 12.5. The summed E-state index contributed by atoms with van der Waals surface area (Å²) >= 11 is 0. The van der Waals surface area contributed by atoms with Crippen molar-refractivity contribution < 1.29 is 13.2 Å². The van der Waals surface area contributed by atoms with Crippen LogP contribution in [0.15, 0.2) is 17.6 Å². The molecule has 3 N–H and O–H groups in total. The minimum Gasteiger partial charge on any atom is -0.481 e. The molecule has 0 saturated carbocycles. The number of methoxy groups -OCH3 is 1. The van der Waals surface area contributed by atoms with E-state index in [0.717, 1.165) is 0 Å². The van der Waals surface area contributed by atoms with Gasteiger partial charge in [0.15, 0.2) is 9.84 Å². The Morgan fingerprint density at radius 3 is 2.88 bits per heavy atom. The first-order chi connectivity index (χ1) is 7.98. The minimum absolute atomic E-state index is 0.0131. The monoisotopic (exact) mass is 256 g/mol. The van der Waals surface area contributed by atoms with Crippen molar-refractivity contribution in [1.29, 1.82) is 0 Å². The summed E-state index contributed by atoms with van der Waals surface area (Å²) in [6.07, 6.45) is 1.57. The van der Waals surface area contributed by atoms with Crippen LogP contribution in [0.2, 0.25) is 0 Å². The highest BCUT2D eigenvalue weighted by atomic mass is 32.2. The molecule has 0 bridgehead atoms. The summed E-state index contributed by atoms with van der Waals surface area (Å²) in [5.41, 5.74) is 5.48. The van der Waals surface area contributed by atoms with Crippen molar-refractivity contribution in [3.8, 4) is 5.88 Å². The van der Waals surface area contributed by atoms with Gasteiger partial charge >= 0.3 is 0 Å². The molecule has 1 aliphatic rings. The number of nitrogen functional groups attached to an aromatic ring is 1. The highest BCUT2D eigenvalue weighted by Gasteiger charge is 2.21. The predicted molar refractivity (Wildman–Crippen MR) is 63.3 cm³/mol. The van der Waals surface area contributed by atoms with Gasteiger partial charge in [0.05, 0.1) is 18.9 Å². The number of aromatic nitrogens is 2. The molecule has 0 aromatic carbocycles. The average Bonchev–Trinajstić information content (AvgIpc) is 2.57. The summed E-state index contributed by atoms with van der Waals surface area (Å²) in [5.74, 6) is 0.835. The first-order valence-electron chi connectivity index (χ1n) is 4.84. The van der Waals surface area contributed by atoms with Crippen LogP contribution in [0.25, 0.3) is 0 Å². The van der Waals surface area contributed by atoms with Crippen molar-refractivity contribution in [1.82, 2.24) is 9.97 Å². The van der Waals surface area contributed by atoms with Crippen LogP contribution in [0.3, 0.4) is 0 Å². The molecule has 0 aliphatic carbocycles. The lowest BCUT2D eigenvalue weighted by molar-refractivity contribution is 0.398. The van der Waals surface area contributed by atoms with Crippen molar-refractivity contribution in [2.24, 2.45) is 0 Å². The number of rotatable bonds is 3. The summed E-state index contributed by atoms with van der Waals surface area (Å²) in [6, 6.07) is 1.24. The molecule has 0 spiro atoms. The molecule has 17 heavy (non-hydrogen) atoms. The summed E-state index contributed by atoms with van der Waals surface area (Å²) in [6.45, 7) is 0. The number of hydrogen-bond donors (Lipinski definition) is 2. The molecule has 1 atom stereocenters. The lowest BCUT2D eigenvalue weighted by Gasteiger charge is -2.11. The van der Waals surface area contributed by atoms with E-state index in [1.807, 2.05) is 0 Å². The van der Waals surface area contributed by atoms with E-state index >= 15 is 0 Å². The Morgan fingerprint density at radius 2 is 2.29 bits per heavy atom. The van der Waals surface area contributed by atoms with E-state index in [2.05, 4.69) is 15.3 Å². The Morgan fingerprint density at radius 1 is 1.53 bits per heavy atom. The molecule has 0 fully saturated rings. The normalized spacial score (nSPS) is 21.4. The van der Waals surface area contributed by atoms with E-state index in [-0.39, 0.29) is 17.7 Å². The summed E-state index contributed by atoms with van der Waals surface area (Å²) in [4.78, 5) is 7.76. The first-order valence-corrected chi connectivity index (χ1v) is 6.56. The van der Waals surface area contributed by atoms with E-state index < -0.39 is 9.84 Å². The van der Waals surface area contributed by atoms with Crippen LogP contribution in [0.5, 0.6) is 5.88 Å². The van der Waals surface area contributed by atoms with Crippen LogP contribution >= 0.6 is 0 Å². The second-order valence-electron chi connectivity index (χ2n) is 3.56. The molecule has 0 saturated heterocycles. The zero-order valence-electron chi connectivity index (χ0n) is 9.12. The third-order valence-corrected chi connectivity index (χ3v) is 3.59. The summed E-state index contributed by atoms with van der Waals surface area (Å²) in [7, 11) is -1.63. The second-order valence-corrected chi connectivity index (χ2v) is 5.49. The number of hydrogen-bond acceptors (Lipinski definition) is 7. The molecule has 1 aromatic heterocycles. The van der Waals surface area contributed by atoms with Crippen LogP contribution in [0.1, 0.15) is 0 Å². The molecule has 1 aliphatic heterocycles. The topological polar surface area (TPSA) is 107 Å². The number of anilines is 2. The van der Waals surface area contributed by atoms with Gasteiger partial charge in [-0.05, 0) is 6.08 Å². The second kappa shape index (κ2) is 4.21. The SMILES string of the molecule is COc1cc(NC2C=CS(=O)(=O)C2)nc(N)n1. The number of nitrogens with zero attached hydrogens (tertiary/aromatic N) is 2. The van der Waals surface area contributed by atoms with Gasteiger partial charge in [-0.2, -0.15) is 9.97 Å². The highest BCUT2D eigenvalue weighted by Crippen LogP contribution is 2.17. The van der Waals surface area contributed by atoms with Gasteiger partial charge < -0.3 is 15.8 Å². The van der Waals surface area contributed by atoms with Crippen molar-refractivity contribution >= 4 is 21.6 Å². The third kappa shape index (κ3) is 2.84. The third-order valence-electron chi connectivity index (χ3n) is 2.19. The standard InChI is InChI=1S/C9H12N4O3S/c1-16-8-4-7(12-9(10)13-8)11-6-2-3-17(14,15)5-6/h2-4,6H,5H2,1H3,(H3,10,11,12,13). The fraction of sp³-hybridized carbons (Fsp3) is 0.333. The molecule has 1 aromatic rings. The van der Waals surface area contributed by atoms with Crippen LogP contribution in [-0.2, 0) is 9.84 Å².